The van der Waals surface area contributed by atoms with Crippen molar-refractivity contribution in [1.82, 2.24) is 9.78 Å². The Morgan fingerprint density at radius 3 is 2.43 bits per heavy atom. The molecular formula is C19H20ClN3. The molecule has 0 atom stereocenters. The zero-order valence-corrected chi connectivity index (χ0v) is 14.1. The Labute approximate surface area is 141 Å². The third kappa shape index (κ3) is 3.31. The third-order valence-electron chi connectivity index (χ3n) is 3.89. The summed E-state index contributed by atoms with van der Waals surface area (Å²) in [6.45, 7) is 4.72. The second-order valence-electron chi connectivity index (χ2n) is 5.77. The Morgan fingerprint density at radius 1 is 1.04 bits per heavy atom. The molecule has 0 saturated heterocycles. The molecule has 0 fully saturated rings. The number of nitrogens with zero attached hydrogens (tertiary/aromatic N) is 2. The van der Waals surface area contributed by atoms with Crippen molar-refractivity contribution >= 4 is 11.6 Å². The van der Waals surface area contributed by atoms with Gasteiger partial charge in [0.15, 0.2) is 0 Å². The van der Waals surface area contributed by atoms with Gasteiger partial charge in [-0.05, 0) is 50.2 Å². The molecule has 23 heavy (non-hydrogen) atoms. The predicted octanol–water partition coefficient (Wildman–Crippen LogP) is 4.31. The highest BCUT2D eigenvalue weighted by molar-refractivity contribution is 6.30. The number of aromatic nitrogens is 2. The Hall–Kier alpha value is -2.10. The van der Waals surface area contributed by atoms with Crippen LogP contribution < -0.4 is 5.73 Å². The summed E-state index contributed by atoms with van der Waals surface area (Å²) in [5, 5.41) is 5.49. The van der Waals surface area contributed by atoms with E-state index in [1.165, 1.54) is 5.56 Å². The quantitative estimate of drug-likeness (QED) is 0.776. The molecule has 0 aliphatic rings. The molecule has 0 radical (unpaired) electrons. The summed E-state index contributed by atoms with van der Waals surface area (Å²) in [6, 6.07) is 16.5. The fourth-order valence-corrected chi connectivity index (χ4v) is 2.90. The Balaban J connectivity index is 2.16. The first-order valence-electron chi connectivity index (χ1n) is 7.71. The molecule has 1 aromatic heterocycles. The van der Waals surface area contributed by atoms with E-state index in [-0.39, 0.29) is 0 Å². The van der Waals surface area contributed by atoms with E-state index >= 15 is 0 Å². The summed E-state index contributed by atoms with van der Waals surface area (Å²) < 4.78 is 1.99. The Morgan fingerprint density at radius 2 is 1.78 bits per heavy atom. The van der Waals surface area contributed by atoms with Crippen LogP contribution in [0.25, 0.3) is 16.9 Å². The van der Waals surface area contributed by atoms with Crippen molar-refractivity contribution in [3.05, 3.63) is 70.4 Å². The van der Waals surface area contributed by atoms with Gasteiger partial charge in [0.25, 0.3) is 0 Å². The third-order valence-corrected chi connectivity index (χ3v) is 4.13. The van der Waals surface area contributed by atoms with E-state index < -0.39 is 0 Å². The fraction of sp³-hybridized carbons (Fsp3) is 0.211. The molecule has 0 unspecified atom stereocenters. The van der Waals surface area contributed by atoms with Gasteiger partial charge in [-0.2, -0.15) is 5.10 Å². The van der Waals surface area contributed by atoms with E-state index in [9.17, 15) is 0 Å². The van der Waals surface area contributed by atoms with Gasteiger partial charge in [-0.3, -0.25) is 0 Å². The van der Waals surface area contributed by atoms with Gasteiger partial charge in [-0.15, -0.1) is 0 Å². The van der Waals surface area contributed by atoms with Crippen LogP contribution in [0, 0.1) is 13.8 Å². The number of benzene rings is 2. The number of halogens is 1. The lowest BCUT2D eigenvalue weighted by Gasteiger charge is -2.11. The van der Waals surface area contributed by atoms with E-state index in [0.717, 1.165) is 39.6 Å². The van der Waals surface area contributed by atoms with Crippen LogP contribution in [-0.4, -0.2) is 16.3 Å². The second-order valence-corrected chi connectivity index (χ2v) is 6.20. The lowest BCUT2D eigenvalue weighted by atomic mass is 10.1. The monoisotopic (exact) mass is 325 g/mol. The lowest BCUT2D eigenvalue weighted by Crippen LogP contribution is -2.05. The van der Waals surface area contributed by atoms with E-state index in [4.69, 9.17) is 22.4 Å². The molecular weight excluding hydrogens is 306 g/mol. The van der Waals surface area contributed by atoms with Gasteiger partial charge in [-0.25, -0.2) is 4.68 Å². The number of nitrogens with two attached hydrogens (primary N) is 1. The molecule has 2 aromatic carbocycles. The van der Waals surface area contributed by atoms with Gasteiger partial charge >= 0.3 is 0 Å². The largest absolute Gasteiger partial charge is 0.330 e. The zero-order valence-electron chi connectivity index (χ0n) is 13.4. The van der Waals surface area contributed by atoms with Crippen LogP contribution in [0.15, 0.2) is 48.5 Å². The highest BCUT2D eigenvalue weighted by atomic mass is 35.5. The van der Waals surface area contributed by atoms with Gasteiger partial charge in [0, 0.05) is 17.0 Å². The SMILES string of the molecule is Cc1ccc(-c2cc(CCN)nn2-c2ccc(Cl)cc2C)cc1. The first-order chi connectivity index (χ1) is 11.1. The van der Waals surface area contributed by atoms with E-state index in [0.29, 0.717) is 6.54 Å². The minimum atomic E-state index is 0.587. The van der Waals surface area contributed by atoms with Gasteiger partial charge in [-0.1, -0.05) is 41.4 Å². The minimum Gasteiger partial charge on any atom is -0.330 e. The zero-order chi connectivity index (χ0) is 16.4. The molecule has 0 saturated carbocycles. The molecule has 0 spiro atoms. The summed E-state index contributed by atoms with van der Waals surface area (Å²) in [7, 11) is 0. The topological polar surface area (TPSA) is 43.8 Å². The predicted molar refractivity (Wildman–Crippen MR) is 96.2 cm³/mol. The van der Waals surface area contributed by atoms with Crippen LogP contribution >= 0.6 is 11.6 Å². The second kappa shape index (κ2) is 6.57. The molecule has 0 aliphatic carbocycles. The normalized spacial score (nSPS) is 11.0. The number of hydrogen-bond acceptors (Lipinski definition) is 2. The van der Waals surface area contributed by atoms with Crippen molar-refractivity contribution in [3.63, 3.8) is 0 Å². The van der Waals surface area contributed by atoms with Crippen molar-refractivity contribution in [2.45, 2.75) is 20.3 Å². The molecule has 3 rings (SSSR count). The van der Waals surface area contributed by atoms with Crippen LogP contribution in [0.1, 0.15) is 16.8 Å². The minimum absolute atomic E-state index is 0.587. The fourth-order valence-electron chi connectivity index (χ4n) is 2.67. The van der Waals surface area contributed by atoms with E-state index in [1.807, 2.05) is 29.8 Å². The number of rotatable bonds is 4. The smallest absolute Gasteiger partial charge is 0.0743 e. The standard InChI is InChI=1S/C19H20ClN3/c1-13-3-5-15(6-4-13)19-12-17(9-10-21)22-23(19)18-8-7-16(20)11-14(18)2/h3-8,11-12H,9-10,21H2,1-2H3. The van der Waals surface area contributed by atoms with Gasteiger partial charge < -0.3 is 5.73 Å². The molecule has 3 aromatic rings. The molecule has 0 amide bonds. The Kier molecular flexibility index (Phi) is 4.51. The first kappa shape index (κ1) is 15.8. The van der Waals surface area contributed by atoms with Crippen LogP contribution in [0.4, 0.5) is 0 Å². The average Bonchev–Trinajstić information content (AvgIpc) is 2.92. The summed E-state index contributed by atoms with van der Waals surface area (Å²) in [5.74, 6) is 0. The Bertz CT molecular complexity index is 819. The van der Waals surface area contributed by atoms with Crippen molar-refractivity contribution in [2.24, 2.45) is 5.73 Å². The van der Waals surface area contributed by atoms with Crippen molar-refractivity contribution in [1.29, 1.82) is 0 Å². The summed E-state index contributed by atoms with van der Waals surface area (Å²) in [4.78, 5) is 0. The van der Waals surface area contributed by atoms with E-state index in [1.54, 1.807) is 0 Å². The molecule has 0 bridgehead atoms. The van der Waals surface area contributed by atoms with Crippen LogP contribution in [0.2, 0.25) is 5.02 Å². The van der Waals surface area contributed by atoms with Crippen molar-refractivity contribution in [3.8, 4) is 16.9 Å². The highest BCUT2D eigenvalue weighted by Gasteiger charge is 2.13. The molecule has 0 aliphatic heterocycles. The van der Waals surface area contributed by atoms with Crippen molar-refractivity contribution in [2.75, 3.05) is 6.54 Å². The summed E-state index contributed by atoms with van der Waals surface area (Å²) in [6.07, 6.45) is 0.762. The van der Waals surface area contributed by atoms with E-state index in [2.05, 4.69) is 37.3 Å². The molecule has 3 nitrogen and oxygen atoms in total. The van der Waals surface area contributed by atoms with Gasteiger partial charge in [0.1, 0.15) is 0 Å². The van der Waals surface area contributed by atoms with Crippen LogP contribution in [0.5, 0.6) is 0 Å². The molecule has 1 heterocycles. The van der Waals surface area contributed by atoms with Crippen LogP contribution in [-0.2, 0) is 6.42 Å². The van der Waals surface area contributed by atoms with Gasteiger partial charge in [0.05, 0.1) is 17.1 Å². The maximum Gasteiger partial charge on any atom is 0.0743 e. The first-order valence-corrected chi connectivity index (χ1v) is 8.09. The number of hydrogen-bond donors (Lipinski definition) is 1. The summed E-state index contributed by atoms with van der Waals surface area (Å²) >= 11 is 6.09. The maximum absolute atomic E-state index is 6.09. The highest BCUT2D eigenvalue weighted by Crippen LogP contribution is 2.27. The lowest BCUT2D eigenvalue weighted by molar-refractivity contribution is 0.822. The van der Waals surface area contributed by atoms with Crippen molar-refractivity contribution < 1.29 is 0 Å². The maximum atomic E-state index is 6.09. The average molecular weight is 326 g/mol. The number of aryl methyl sites for hydroxylation is 2. The molecule has 118 valence electrons. The summed E-state index contributed by atoms with van der Waals surface area (Å²) in [5.41, 5.74) is 12.3. The van der Waals surface area contributed by atoms with Crippen LogP contribution in [0.3, 0.4) is 0 Å². The molecule has 4 heteroatoms. The van der Waals surface area contributed by atoms with Gasteiger partial charge in [0.2, 0.25) is 0 Å². The molecule has 2 N–H and O–H groups in total.